The molecule has 0 atom stereocenters. The van der Waals surface area contributed by atoms with Gasteiger partial charge in [0.2, 0.25) is 0 Å². The lowest BCUT2D eigenvalue weighted by Crippen LogP contribution is -2.29. The Hall–Kier alpha value is -2.13. The second-order valence-electron chi connectivity index (χ2n) is 6.21. The van der Waals surface area contributed by atoms with Gasteiger partial charge >= 0.3 is 0 Å². The van der Waals surface area contributed by atoms with E-state index in [1.54, 1.807) is 0 Å². The first kappa shape index (κ1) is 15.8. The first-order valence-corrected chi connectivity index (χ1v) is 8.45. The van der Waals surface area contributed by atoms with Crippen LogP contribution in [0.5, 0.6) is 0 Å². The van der Waals surface area contributed by atoms with E-state index in [0.717, 1.165) is 17.7 Å². The number of nitrogens with one attached hydrogen (secondary N) is 1. The highest BCUT2D eigenvalue weighted by Crippen LogP contribution is 2.14. The monoisotopic (exact) mass is 308 g/mol. The number of likely N-dealkylation sites (tertiary alicyclic amines) is 1. The number of carbonyl (C=O) groups excluding carboxylic acids is 1. The van der Waals surface area contributed by atoms with Gasteiger partial charge in [0, 0.05) is 18.7 Å². The number of rotatable bonds is 5. The summed E-state index contributed by atoms with van der Waals surface area (Å²) in [6, 6.07) is 18.0. The lowest BCUT2D eigenvalue weighted by Gasteiger charge is -2.26. The van der Waals surface area contributed by atoms with Crippen molar-refractivity contribution in [1.82, 2.24) is 10.2 Å². The maximum Gasteiger partial charge on any atom is 0.251 e. The van der Waals surface area contributed by atoms with Crippen LogP contribution in [0, 0.1) is 0 Å². The molecule has 1 aliphatic rings. The Bertz CT molecular complexity index is 633. The van der Waals surface area contributed by atoms with Crippen LogP contribution in [0.4, 0.5) is 0 Å². The van der Waals surface area contributed by atoms with E-state index in [1.807, 2.05) is 48.5 Å². The molecule has 1 saturated heterocycles. The second kappa shape index (κ2) is 7.93. The van der Waals surface area contributed by atoms with Crippen LogP contribution in [0.15, 0.2) is 54.6 Å². The van der Waals surface area contributed by atoms with Crippen molar-refractivity contribution in [2.45, 2.75) is 32.4 Å². The lowest BCUT2D eigenvalue weighted by atomic mass is 10.1. The van der Waals surface area contributed by atoms with Gasteiger partial charge in [-0.2, -0.15) is 0 Å². The fraction of sp³-hybridized carbons (Fsp3) is 0.350. The van der Waals surface area contributed by atoms with Crippen LogP contribution < -0.4 is 5.32 Å². The zero-order chi connectivity index (χ0) is 15.9. The Labute approximate surface area is 138 Å². The smallest absolute Gasteiger partial charge is 0.251 e. The number of carbonyl (C=O) groups is 1. The average molecular weight is 308 g/mol. The van der Waals surface area contributed by atoms with Crippen molar-refractivity contribution in [2.75, 3.05) is 13.1 Å². The molecule has 3 nitrogen and oxygen atoms in total. The van der Waals surface area contributed by atoms with Crippen LogP contribution >= 0.6 is 0 Å². The summed E-state index contributed by atoms with van der Waals surface area (Å²) in [6.45, 7) is 3.85. The molecular weight excluding hydrogens is 284 g/mol. The summed E-state index contributed by atoms with van der Waals surface area (Å²) >= 11 is 0. The predicted octanol–water partition coefficient (Wildman–Crippen LogP) is 3.60. The lowest BCUT2D eigenvalue weighted by molar-refractivity contribution is 0.0950. The van der Waals surface area contributed by atoms with Crippen molar-refractivity contribution in [3.05, 3.63) is 71.3 Å². The number of benzene rings is 2. The van der Waals surface area contributed by atoms with E-state index in [0.29, 0.717) is 6.54 Å². The first-order valence-electron chi connectivity index (χ1n) is 8.45. The van der Waals surface area contributed by atoms with Crippen LogP contribution in [0.25, 0.3) is 0 Å². The standard InChI is InChI=1S/C20H24N2O/c23-20(21-15-17-8-3-1-4-9-17)19-11-7-10-18(14-19)16-22-12-5-2-6-13-22/h1,3-4,7-11,14H,2,5-6,12-13,15-16H2,(H,21,23). The van der Waals surface area contributed by atoms with E-state index in [1.165, 1.54) is 37.9 Å². The molecule has 2 aromatic rings. The van der Waals surface area contributed by atoms with Crippen molar-refractivity contribution in [3.8, 4) is 0 Å². The molecule has 0 spiro atoms. The van der Waals surface area contributed by atoms with Crippen LogP contribution in [0.1, 0.15) is 40.7 Å². The zero-order valence-electron chi connectivity index (χ0n) is 13.5. The first-order chi connectivity index (χ1) is 11.3. The minimum Gasteiger partial charge on any atom is -0.348 e. The van der Waals surface area contributed by atoms with Gasteiger partial charge in [0.1, 0.15) is 0 Å². The molecule has 3 rings (SSSR count). The van der Waals surface area contributed by atoms with Crippen molar-refractivity contribution < 1.29 is 4.79 Å². The van der Waals surface area contributed by atoms with Gasteiger partial charge in [-0.05, 0) is 49.2 Å². The van der Waals surface area contributed by atoms with E-state index >= 15 is 0 Å². The minimum atomic E-state index is -0.00523. The Morgan fingerprint density at radius 3 is 2.43 bits per heavy atom. The molecule has 2 aromatic carbocycles. The van der Waals surface area contributed by atoms with Crippen molar-refractivity contribution >= 4 is 5.91 Å². The third-order valence-electron chi connectivity index (χ3n) is 4.34. The van der Waals surface area contributed by atoms with Crippen molar-refractivity contribution in [3.63, 3.8) is 0 Å². The topological polar surface area (TPSA) is 32.3 Å². The van der Waals surface area contributed by atoms with Gasteiger partial charge in [0.15, 0.2) is 0 Å². The fourth-order valence-electron chi connectivity index (χ4n) is 3.07. The summed E-state index contributed by atoms with van der Waals surface area (Å²) in [5.41, 5.74) is 3.08. The molecule has 0 bridgehead atoms. The van der Waals surface area contributed by atoms with Gasteiger partial charge in [-0.3, -0.25) is 9.69 Å². The Morgan fingerprint density at radius 1 is 0.913 bits per heavy atom. The summed E-state index contributed by atoms with van der Waals surface area (Å²) in [5.74, 6) is -0.00523. The quantitative estimate of drug-likeness (QED) is 0.915. The summed E-state index contributed by atoms with van der Waals surface area (Å²) in [4.78, 5) is 14.8. The Kier molecular flexibility index (Phi) is 5.43. The average Bonchev–Trinajstić information content (AvgIpc) is 2.62. The van der Waals surface area contributed by atoms with E-state index in [9.17, 15) is 4.79 Å². The van der Waals surface area contributed by atoms with Gasteiger partial charge in [-0.25, -0.2) is 0 Å². The number of hydrogen-bond donors (Lipinski definition) is 1. The third kappa shape index (κ3) is 4.67. The normalized spacial score (nSPS) is 15.3. The van der Waals surface area contributed by atoms with E-state index in [2.05, 4.69) is 16.3 Å². The molecule has 0 aromatic heterocycles. The zero-order valence-corrected chi connectivity index (χ0v) is 13.5. The molecule has 3 heteroatoms. The highest BCUT2D eigenvalue weighted by Gasteiger charge is 2.12. The number of amides is 1. The largest absolute Gasteiger partial charge is 0.348 e. The Morgan fingerprint density at radius 2 is 1.65 bits per heavy atom. The van der Waals surface area contributed by atoms with Crippen LogP contribution in [-0.4, -0.2) is 23.9 Å². The van der Waals surface area contributed by atoms with Gasteiger partial charge < -0.3 is 5.32 Å². The number of nitrogens with zero attached hydrogens (tertiary/aromatic N) is 1. The second-order valence-corrected chi connectivity index (χ2v) is 6.21. The molecule has 120 valence electrons. The maximum atomic E-state index is 12.3. The van der Waals surface area contributed by atoms with Gasteiger partial charge in [0.25, 0.3) is 5.91 Å². The minimum absolute atomic E-state index is 0.00523. The molecule has 0 aliphatic carbocycles. The molecule has 1 amide bonds. The van der Waals surface area contributed by atoms with Crippen LogP contribution in [0.3, 0.4) is 0 Å². The van der Waals surface area contributed by atoms with Gasteiger partial charge in [0.05, 0.1) is 0 Å². The fourth-order valence-corrected chi connectivity index (χ4v) is 3.07. The molecule has 1 N–H and O–H groups in total. The number of hydrogen-bond acceptors (Lipinski definition) is 2. The Balaban J connectivity index is 1.58. The van der Waals surface area contributed by atoms with E-state index < -0.39 is 0 Å². The maximum absolute atomic E-state index is 12.3. The third-order valence-corrected chi connectivity index (χ3v) is 4.34. The van der Waals surface area contributed by atoms with E-state index in [-0.39, 0.29) is 5.91 Å². The summed E-state index contributed by atoms with van der Waals surface area (Å²) in [6.07, 6.45) is 3.92. The summed E-state index contributed by atoms with van der Waals surface area (Å²) in [5, 5.41) is 2.99. The molecule has 0 unspecified atom stereocenters. The highest BCUT2D eigenvalue weighted by atomic mass is 16.1. The molecule has 1 fully saturated rings. The highest BCUT2D eigenvalue weighted by molar-refractivity contribution is 5.94. The van der Waals surface area contributed by atoms with Crippen LogP contribution in [0.2, 0.25) is 0 Å². The number of piperidine rings is 1. The van der Waals surface area contributed by atoms with E-state index in [4.69, 9.17) is 0 Å². The molecule has 0 radical (unpaired) electrons. The molecule has 1 heterocycles. The molecule has 1 aliphatic heterocycles. The molecular formula is C20H24N2O. The summed E-state index contributed by atoms with van der Waals surface area (Å²) < 4.78 is 0. The van der Waals surface area contributed by atoms with Crippen LogP contribution in [-0.2, 0) is 13.1 Å². The molecule has 0 saturated carbocycles. The van der Waals surface area contributed by atoms with Gasteiger partial charge in [-0.15, -0.1) is 0 Å². The summed E-state index contributed by atoms with van der Waals surface area (Å²) in [7, 11) is 0. The SMILES string of the molecule is O=C(NCc1ccccc1)c1cccc(CN2CCCCC2)c1. The van der Waals surface area contributed by atoms with Crippen molar-refractivity contribution in [1.29, 1.82) is 0 Å². The molecule has 23 heavy (non-hydrogen) atoms. The van der Waals surface area contributed by atoms with Crippen molar-refractivity contribution in [2.24, 2.45) is 0 Å². The van der Waals surface area contributed by atoms with Gasteiger partial charge in [-0.1, -0.05) is 48.9 Å². The predicted molar refractivity (Wildman–Crippen MR) is 93.2 cm³/mol.